The van der Waals surface area contributed by atoms with E-state index in [9.17, 15) is 9.18 Å². The summed E-state index contributed by atoms with van der Waals surface area (Å²) < 4.78 is 13.0. The van der Waals surface area contributed by atoms with Crippen LogP contribution in [-0.2, 0) is 5.75 Å². The second kappa shape index (κ2) is 5.64. The normalized spacial score (nSPS) is 10.3. The Morgan fingerprint density at radius 1 is 1.33 bits per heavy atom. The number of carboxylic acid groups (broad SMARTS) is 1. The number of hydrogen-bond acceptors (Lipinski definition) is 3. The first-order valence-electron chi connectivity index (χ1n) is 5.22. The molecule has 1 heterocycles. The number of rotatable bonds is 4. The zero-order valence-corrected chi connectivity index (χ0v) is 10.2. The van der Waals surface area contributed by atoms with Crippen LogP contribution >= 0.6 is 11.8 Å². The Kier molecular flexibility index (Phi) is 3.94. The number of halogens is 1. The molecular weight excluding hydrogens is 253 g/mol. The lowest BCUT2D eigenvalue weighted by molar-refractivity contribution is 0.0696. The van der Waals surface area contributed by atoms with E-state index >= 15 is 0 Å². The summed E-state index contributed by atoms with van der Waals surface area (Å²) in [7, 11) is 0. The van der Waals surface area contributed by atoms with Gasteiger partial charge in [0.15, 0.2) is 0 Å². The van der Waals surface area contributed by atoms with Crippen molar-refractivity contribution >= 4 is 17.7 Å². The van der Waals surface area contributed by atoms with Gasteiger partial charge in [-0.3, -0.25) is 0 Å². The summed E-state index contributed by atoms with van der Waals surface area (Å²) in [5.41, 5.74) is 1.04. The topological polar surface area (TPSA) is 50.2 Å². The highest BCUT2D eigenvalue weighted by atomic mass is 32.2. The molecule has 0 radical (unpaired) electrons. The molecule has 0 amide bonds. The Hall–Kier alpha value is -1.88. The molecule has 0 spiro atoms. The van der Waals surface area contributed by atoms with Crippen LogP contribution < -0.4 is 0 Å². The van der Waals surface area contributed by atoms with E-state index in [1.54, 1.807) is 6.07 Å². The van der Waals surface area contributed by atoms with Gasteiger partial charge in [0.2, 0.25) is 0 Å². The SMILES string of the molecule is O=C(O)c1ccnc(SCc2cccc(F)c2)c1. The average Bonchev–Trinajstić information content (AvgIpc) is 2.37. The van der Waals surface area contributed by atoms with Gasteiger partial charge in [0.05, 0.1) is 10.6 Å². The first-order valence-corrected chi connectivity index (χ1v) is 6.20. The van der Waals surface area contributed by atoms with Crippen LogP contribution in [0.4, 0.5) is 4.39 Å². The number of hydrogen-bond donors (Lipinski definition) is 1. The minimum atomic E-state index is -0.981. The molecule has 0 aliphatic heterocycles. The number of aromatic nitrogens is 1. The lowest BCUT2D eigenvalue weighted by Gasteiger charge is -2.02. The van der Waals surface area contributed by atoms with Crippen LogP contribution in [0.5, 0.6) is 0 Å². The molecule has 18 heavy (non-hydrogen) atoms. The van der Waals surface area contributed by atoms with Crippen molar-refractivity contribution in [2.75, 3.05) is 0 Å². The molecule has 3 nitrogen and oxygen atoms in total. The van der Waals surface area contributed by atoms with Gasteiger partial charge in [-0.05, 0) is 29.8 Å². The highest BCUT2D eigenvalue weighted by molar-refractivity contribution is 7.98. The number of pyridine rings is 1. The van der Waals surface area contributed by atoms with Crippen LogP contribution in [0.15, 0.2) is 47.6 Å². The second-order valence-electron chi connectivity index (χ2n) is 3.61. The molecule has 1 N–H and O–H groups in total. The molecule has 0 saturated heterocycles. The zero-order chi connectivity index (χ0) is 13.0. The van der Waals surface area contributed by atoms with E-state index in [2.05, 4.69) is 4.98 Å². The first kappa shape index (κ1) is 12.6. The van der Waals surface area contributed by atoms with Crippen LogP contribution in [-0.4, -0.2) is 16.1 Å². The highest BCUT2D eigenvalue weighted by Gasteiger charge is 2.05. The second-order valence-corrected chi connectivity index (χ2v) is 4.60. The maximum Gasteiger partial charge on any atom is 0.335 e. The van der Waals surface area contributed by atoms with Crippen molar-refractivity contribution in [3.63, 3.8) is 0 Å². The molecule has 2 rings (SSSR count). The van der Waals surface area contributed by atoms with Crippen molar-refractivity contribution in [2.45, 2.75) is 10.8 Å². The van der Waals surface area contributed by atoms with E-state index in [1.807, 2.05) is 6.07 Å². The van der Waals surface area contributed by atoms with Crippen molar-refractivity contribution in [3.8, 4) is 0 Å². The number of aromatic carboxylic acids is 1. The van der Waals surface area contributed by atoms with Gasteiger partial charge in [-0.2, -0.15) is 0 Å². The number of nitrogens with zero attached hydrogens (tertiary/aromatic N) is 1. The number of benzene rings is 1. The molecule has 1 aromatic heterocycles. The predicted octanol–water partition coefficient (Wildman–Crippen LogP) is 3.21. The summed E-state index contributed by atoms with van der Waals surface area (Å²) in [5, 5.41) is 9.45. The molecule has 0 bridgehead atoms. The first-order chi connectivity index (χ1) is 8.65. The van der Waals surface area contributed by atoms with Crippen LogP contribution in [0, 0.1) is 5.82 Å². The molecule has 0 aliphatic carbocycles. The number of thioether (sulfide) groups is 1. The maximum atomic E-state index is 13.0. The average molecular weight is 263 g/mol. The summed E-state index contributed by atoms with van der Waals surface area (Å²) in [6.07, 6.45) is 1.46. The smallest absolute Gasteiger partial charge is 0.335 e. The quantitative estimate of drug-likeness (QED) is 0.860. The van der Waals surface area contributed by atoms with E-state index in [4.69, 9.17) is 5.11 Å². The lowest BCUT2D eigenvalue weighted by Crippen LogP contribution is -1.96. The molecule has 0 atom stereocenters. The summed E-state index contributed by atoms with van der Waals surface area (Å²) >= 11 is 1.37. The Morgan fingerprint density at radius 3 is 2.89 bits per heavy atom. The Labute approximate surface area is 108 Å². The molecule has 92 valence electrons. The predicted molar refractivity (Wildman–Crippen MR) is 67.2 cm³/mol. The fourth-order valence-corrected chi connectivity index (χ4v) is 2.25. The summed E-state index contributed by atoms with van der Waals surface area (Å²) in [6, 6.07) is 9.25. The van der Waals surface area contributed by atoms with Gasteiger partial charge < -0.3 is 5.11 Å². The van der Waals surface area contributed by atoms with E-state index in [0.717, 1.165) is 5.56 Å². The molecule has 0 aliphatic rings. The molecule has 5 heteroatoms. The molecule has 1 aromatic carbocycles. The monoisotopic (exact) mass is 263 g/mol. The van der Waals surface area contributed by atoms with Crippen LogP contribution in [0.25, 0.3) is 0 Å². The van der Waals surface area contributed by atoms with Gasteiger partial charge in [-0.25, -0.2) is 14.2 Å². The van der Waals surface area contributed by atoms with E-state index < -0.39 is 5.97 Å². The van der Waals surface area contributed by atoms with E-state index in [0.29, 0.717) is 10.8 Å². The third kappa shape index (κ3) is 3.30. The Morgan fingerprint density at radius 2 is 2.17 bits per heavy atom. The van der Waals surface area contributed by atoms with Crippen molar-refractivity contribution < 1.29 is 14.3 Å². The number of carboxylic acids is 1. The number of carbonyl (C=O) groups is 1. The molecular formula is C13H10FNO2S. The van der Waals surface area contributed by atoms with Gasteiger partial charge in [-0.15, -0.1) is 11.8 Å². The minimum Gasteiger partial charge on any atom is -0.478 e. The summed E-state index contributed by atoms with van der Waals surface area (Å²) in [5.74, 6) is -0.709. The van der Waals surface area contributed by atoms with Crippen molar-refractivity contribution in [1.82, 2.24) is 4.98 Å². The largest absolute Gasteiger partial charge is 0.478 e. The third-order valence-electron chi connectivity index (χ3n) is 2.26. The van der Waals surface area contributed by atoms with Gasteiger partial charge in [0.25, 0.3) is 0 Å². The minimum absolute atomic E-state index is 0.201. The molecule has 0 unspecified atom stereocenters. The van der Waals surface area contributed by atoms with Crippen molar-refractivity contribution in [1.29, 1.82) is 0 Å². The van der Waals surface area contributed by atoms with Crippen molar-refractivity contribution in [3.05, 3.63) is 59.5 Å². The van der Waals surface area contributed by atoms with Crippen molar-refractivity contribution in [2.24, 2.45) is 0 Å². The fraction of sp³-hybridized carbons (Fsp3) is 0.0769. The van der Waals surface area contributed by atoms with Gasteiger partial charge in [0.1, 0.15) is 5.82 Å². The summed E-state index contributed by atoms with van der Waals surface area (Å²) in [4.78, 5) is 14.9. The Balaban J connectivity index is 2.06. The van der Waals surface area contributed by atoms with E-state index in [1.165, 1.54) is 42.2 Å². The van der Waals surface area contributed by atoms with Gasteiger partial charge in [0, 0.05) is 11.9 Å². The highest BCUT2D eigenvalue weighted by Crippen LogP contribution is 2.21. The fourth-order valence-electron chi connectivity index (χ4n) is 1.41. The third-order valence-corrected chi connectivity index (χ3v) is 3.25. The van der Waals surface area contributed by atoms with E-state index in [-0.39, 0.29) is 11.4 Å². The van der Waals surface area contributed by atoms with Crippen LogP contribution in [0.1, 0.15) is 15.9 Å². The molecule has 2 aromatic rings. The lowest BCUT2D eigenvalue weighted by atomic mass is 10.2. The molecule has 0 fully saturated rings. The van der Waals surface area contributed by atoms with Gasteiger partial charge in [-0.1, -0.05) is 12.1 Å². The zero-order valence-electron chi connectivity index (χ0n) is 9.34. The van der Waals surface area contributed by atoms with Gasteiger partial charge >= 0.3 is 5.97 Å². The van der Waals surface area contributed by atoms with Crippen LogP contribution in [0.3, 0.4) is 0 Å². The summed E-state index contributed by atoms with van der Waals surface area (Å²) in [6.45, 7) is 0. The molecule has 0 saturated carbocycles. The Bertz CT molecular complexity index is 574. The van der Waals surface area contributed by atoms with Crippen LogP contribution in [0.2, 0.25) is 0 Å². The maximum absolute atomic E-state index is 13.0. The standard InChI is InChI=1S/C13H10FNO2S/c14-11-3-1-2-9(6-11)8-18-12-7-10(13(16)17)4-5-15-12/h1-7H,8H2,(H,16,17).